The third-order valence-corrected chi connectivity index (χ3v) is 2.70. The number of hydrogen-bond acceptors (Lipinski definition) is 1. The van der Waals surface area contributed by atoms with Crippen LogP contribution in [0.25, 0.3) is 0 Å². The van der Waals surface area contributed by atoms with Gasteiger partial charge in [0.15, 0.2) is 5.96 Å². The summed E-state index contributed by atoms with van der Waals surface area (Å²) in [6, 6.07) is 6.18. The minimum absolute atomic E-state index is 0.200. The van der Waals surface area contributed by atoms with Gasteiger partial charge in [-0.05, 0) is 38.5 Å². The first-order chi connectivity index (χ1) is 6.99. The lowest BCUT2D eigenvalue weighted by molar-refractivity contribution is 0.833. The van der Waals surface area contributed by atoms with Gasteiger partial charge in [-0.3, -0.25) is 4.99 Å². The molecule has 1 rings (SSSR count). The summed E-state index contributed by atoms with van der Waals surface area (Å²) in [7, 11) is 0. The number of aliphatic imine (C=N–C) groups is 1. The van der Waals surface area contributed by atoms with Crippen LogP contribution in [0.3, 0.4) is 0 Å². The van der Waals surface area contributed by atoms with Crippen LogP contribution < -0.4 is 11.1 Å². The second-order valence-corrected chi connectivity index (χ2v) is 4.55. The topological polar surface area (TPSA) is 50.4 Å². The van der Waals surface area contributed by atoms with Crippen molar-refractivity contribution in [1.29, 1.82) is 0 Å². The van der Waals surface area contributed by atoms with Gasteiger partial charge in [0.05, 0.1) is 0 Å². The molecule has 0 heterocycles. The van der Waals surface area contributed by atoms with Crippen molar-refractivity contribution in [3.63, 3.8) is 0 Å². The standard InChI is InChI=1S/C11H16BrN3/c1-7(2)14-11(13)15-9-5-4-8(3)10(12)6-9/h4-7H,1-3H3,(H3,13,14,15). The van der Waals surface area contributed by atoms with Gasteiger partial charge in [-0.1, -0.05) is 22.0 Å². The normalized spacial score (nSPS) is 11.9. The molecule has 0 unspecified atom stereocenters. The number of benzene rings is 1. The van der Waals surface area contributed by atoms with Gasteiger partial charge in [0.2, 0.25) is 0 Å². The first-order valence-corrected chi connectivity index (χ1v) is 5.65. The van der Waals surface area contributed by atoms with Gasteiger partial charge in [0, 0.05) is 16.2 Å². The number of rotatable bonds is 2. The number of nitrogens with zero attached hydrogens (tertiary/aromatic N) is 1. The summed E-state index contributed by atoms with van der Waals surface area (Å²) in [5, 5.41) is 3.04. The number of hydrogen-bond donors (Lipinski definition) is 2. The number of guanidine groups is 1. The first kappa shape index (κ1) is 12.0. The van der Waals surface area contributed by atoms with Crippen molar-refractivity contribution in [2.75, 3.05) is 5.32 Å². The number of halogens is 1. The highest BCUT2D eigenvalue weighted by atomic mass is 79.9. The molecule has 0 aromatic heterocycles. The van der Waals surface area contributed by atoms with Crippen LogP contribution >= 0.6 is 15.9 Å². The smallest absolute Gasteiger partial charge is 0.193 e. The summed E-state index contributed by atoms with van der Waals surface area (Å²) in [5.74, 6) is 0.445. The molecule has 0 spiro atoms. The average molecular weight is 270 g/mol. The zero-order valence-electron chi connectivity index (χ0n) is 9.21. The van der Waals surface area contributed by atoms with Gasteiger partial charge in [-0.15, -0.1) is 0 Å². The fourth-order valence-corrected chi connectivity index (χ4v) is 1.51. The highest BCUT2D eigenvalue weighted by molar-refractivity contribution is 9.10. The summed E-state index contributed by atoms with van der Waals surface area (Å²) in [4.78, 5) is 4.19. The van der Waals surface area contributed by atoms with Crippen LogP contribution in [-0.4, -0.2) is 12.0 Å². The third-order valence-electron chi connectivity index (χ3n) is 1.84. The molecular weight excluding hydrogens is 254 g/mol. The Kier molecular flexibility index (Phi) is 4.15. The van der Waals surface area contributed by atoms with E-state index >= 15 is 0 Å². The van der Waals surface area contributed by atoms with Crippen molar-refractivity contribution in [3.8, 4) is 0 Å². The molecule has 0 amide bonds. The van der Waals surface area contributed by atoms with Crippen molar-refractivity contribution in [2.45, 2.75) is 26.8 Å². The lowest BCUT2D eigenvalue weighted by Crippen LogP contribution is -2.23. The van der Waals surface area contributed by atoms with E-state index in [0.717, 1.165) is 10.2 Å². The van der Waals surface area contributed by atoms with E-state index in [4.69, 9.17) is 5.73 Å². The van der Waals surface area contributed by atoms with Crippen LogP contribution in [0.2, 0.25) is 0 Å². The molecule has 0 saturated heterocycles. The average Bonchev–Trinajstić information content (AvgIpc) is 2.10. The predicted octanol–water partition coefficient (Wildman–Crippen LogP) is 2.89. The molecule has 0 fully saturated rings. The zero-order valence-corrected chi connectivity index (χ0v) is 10.8. The van der Waals surface area contributed by atoms with E-state index in [1.54, 1.807) is 0 Å². The Morgan fingerprint density at radius 1 is 1.47 bits per heavy atom. The van der Waals surface area contributed by atoms with Crippen LogP contribution in [0, 0.1) is 6.92 Å². The molecule has 0 atom stereocenters. The lowest BCUT2D eigenvalue weighted by Gasteiger charge is -2.08. The van der Waals surface area contributed by atoms with Crippen LogP contribution in [0.5, 0.6) is 0 Å². The van der Waals surface area contributed by atoms with Crippen LogP contribution in [0.15, 0.2) is 27.7 Å². The molecule has 15 heavy (non-hydrogen) atoms. The molecule has 0 aliphatic carbocycles. The number of aryl methyl sites for hydroxylation is 1. The van der Waals surface area contributed by atoms with Crippen molar-refractivity contribution in [2.24, 2.45) is 10.7 Å². The Morgan fingerprint density at radius 3 is 2.67 bits per heavy atom. The van der Waals surface area contributed by atoms with Crippen molar-refractivity contribution in [1.82, 2.24) is 0 Å². The minimum Gasteiger partial charge on any atom is -0.370 e. The molecule has 0 bridgehead atoms. The molecule has 4 heteroatoms. The molecule has 82 valence electrons. The number of anilines is 1. The van der Waals surface area contributed by atoms with Crippen molar-refractivity contribution < 1.29 is 0 Å². The maximum absolute atomic E-state index is 5.72. The van der Waals surface area contributed by atoms with E-state index in [0.29, 0.717) is 5.96 Å². The number of nitrogens with two attached hydrogens (primary N) is 1. The van der Waals surface area contributed by atoms with Crippen molar-refractivity contribution >= 4 is 27.6 Å². The van der Waals surface area contributed by atoms with Gasteiger partial charge in [-0.25, -0.2) is 0 Å². The van der Waals surface area contributed by atoms with E-state index in [1.807, 2.05) is 39.0 Å². The minimum atomic E-state index is 0.200. The Labute approximate surface area is 98.9 Å². The summed E-state index contributed by atoms with van der Waals surface area (Å²) in [6.07, 6.45) is 0. The maximum Gasteiger partial charge on any atom is 0.193 e. The fourth-order valence-electron chi connectivity index (χ4n) is 1.13. The molecule has 1 aromatic rings. The lowest BCUT2D eigenvalue weighted by atomic mass is 10.2. The van der Waals surface area contributed by atoms with Gasteiger partial charge in [-0.2, -0.15) is 0 Å². The molecule has 3 N–H and O–H groups in total. The van der Waals surface area contributed by atoms with Gasteiger partial charge in [0.25, 0.3) is 0 Å². The molecule has 3 nitrogen and oxygen atoms in total. The highest BCUT2D eigenvalue weighted by Crippen LogP contribution is 2.20. The first-order valence-electron chi connectivity index (χ1n) is 4.85. The van der Waals surface area contributed by atoms with Gasteiger partial charge in [0.1, 0.15) is 0 Å². The Hall–Kier alpha value is -1.03. The van der Waals surface area contributed by atoms with E-state index in [1.165, 1.54) is 5.56 Å². The number of nitrogens with one attached hydrogen (secondary N) is 1. The Bertz CT molecular complexity index is 372. The van der Waals surface area contributed by atoms with Gasteiger partial charge < -0.3 is 11.1 Å². The van der Waals surface area contributed by atoms with E-state index in [-0.39, 0.29) is 6.04 Å². The van der Waals surface area contributed by atoms with E-state index in [9.17, 15) is 0 Å². The Balaban J connectivity index is 2.77. The SMILES string of the molecule is Cc1ccc(NC(N)=NC(C)C)cc1Br. The monoisotopic (exact) mass is 269 g/mol. The molecule has 0 radical (unpaired) electrons. The highest BCUT2D eigenvalue weighted by Gasteiger charge is 1.99. The zero-order chi connectivity index (χ0) is 11.4. The second-order valence-electron chi connectivity index (χ2n) is 3.70. The largest absolute Gasteiger partial charge is 0.370 e. The van der Waals surface area contributed by atoms with Crippen LogP contribution in [0.4, 0.5) is 5.69 Å². The fraction of sp³-hybridized carbons (Fsp3) is 0.364. The molecule has 1 aromatic carbocycles. The molecular formula is C11H16BrN3. The third kappa shape index (κ3) is 3.91. The Morgan fingerprint density at radius 2 is 2.13 bits per heavy atom. The second kappa shape index (κ2) is 5.16. The summed E-state index contributed by atoms with van der Waals surface area (Å²) in [6.45, 7) is 6.01. The summed E-state index contributed by atoms with van der Waals surface area (Å²) < 4.78 is 1.06. The van der Waals surface area contributed by atoms with Gasteiger partial charge >= 0.3 is 0 Å². The summed E-state index contributed by atoms with van der Waals surface area (Å²) in [5.41, 5.74) is 7.85. The summed E-state index contributed by atoms with van der Waals surface area (Å²) >= 11 is 3.47. The molecule has 0 saturated carbocycles. The van der Waals surface area contributed by atoms with E-state index < -0.39 is 0 Å². The van der Waals surface area contributed by atoms with E-state index in [2.05, 4.69) is 26.2 Å². The van der Waals surface area contributed by atoms with Crippen molar-refractivity contribution in [3.05, 3.63) is 28.2 Å². The maximum atomic E-state index is 5.72. The molecule has 0 aliphatic rings. The van der Waals surface area contributed by atoms with Crippen LogP contribution in [0.1, 0.15) is 19.4 Å². The predicted molar refractivity (Wildman–Crippen MR) is 69.3 cm³/mol. The quantitative estimate of drug-likeness (QED) is 0.641. The van der Waals surface area contributed by atoms with Crippen LogP contribution in [-0.2, 0) is 0 Å². The molecule has 0 aliphatic heterocycles.